The van der Waals surface area contributed by atoms with Gasteiger partial charge < -0.3 is 39.8 Å². The smallest absolute Gasteiger partial charge is 0.394 e. The first kappa shape index (κ1) is 20.6. The molecule has 0 saturated carbocycles. The fraction of sp³-hybridized carbons (Fsp3) is 0.833. The molecule has 0 fully saturated rings. The SMILES string of the molecule is O=C(OP(=O)(O)OP(=O)(O)O)[C@@H](O)[C@@H](O)[C@H](O)[C@H](O)CO. The van der Waals surface area contributed by atoms with E-state index in [4.69, 9.17) is 24.9 Å². The zero-order chi connectivity index (χ0) is 17.0. The van der Waals surface area contributed by atoms with Gasteiger partial charge in [-0.1, -0.05) is 0 Å². The van der Waals surface area contributed by atoms with Crippen LogP contribution < -0.4 is 0 Å². The Morgan fingerprint density at radius 1 is 1.00 bits per heavy atom. The molecule has 0 aliphatic rings. The second-order valence-corrected chi connectivity index (χ2v) is 6.38. The van der Waals surface area contributed by atoms with E-state index < -0.39 is 52.6 Å². The van der Waals surface area contributed by atoms with Gasteiger partial charge in [-0.25, -0.2) is 13.9 Å². The van der Waals surface area contributed by atoms with Crippen molar-refractivity contribution in [3.63, 3.8) is 0 Å². The van der Waals surface area contributed by atoms with Crippen molar-refractivity contribution in [2.24, 2.45) is 0 Å². The highest BCUT2D eigenvalue weighted by atomic mass is 31.3. The maximum Gasteiger partial charge on any atom is 0.538 e. The van der Waals surface area contributed by atoms with Gasteiger partial charge >= 0.3 is 21.6 Å². The first-order valence-electron chi connectivity index (χ1n) is 4.97. The number of phosphoric ester groups is 1. The highest BCUT2D eigenvalue weighted by Crippen LogP contribution is 2.57. The molecular formula is C6H14O13P2. The van der Waals surface area contributed by atoms with E-state index in [0.717, 1.165) is 0 Å². The van der Waals surface area contributed by atoms with E-state index in [2.05, 4.69) is 8.83 Å². The summed E-state index contributed by atoms with van der Waals surface area (Å²) in [5.41, 5.74) is 0. The molecule has 0 saturated heterocycles. The largest absolute Gasteiger partial charge is 0.538 e. The van der Waals surface area contributed by atoms with E-state index in [0.29, 0.717) is 0 Å². The topological polar surface area (TPSA) is 232 Å². The summed E-state index contributed by atoms with van der Waals surface area (Å²) in [6.07, 6.45) is -9.29. The van der Waals surface area contributed by atoms with Crippen LogP contribution >= 0.6 is 15.6 Å². The van der Waals surface area contributed by atoms with Crippen molar-refractivity contribution in [2.75, 3.05) is 6.61 Å². The maximum absolute atomic E-state index is 11.1. The standard InChI is InChI=1S/C6H14O13P2/c7-1-2(8)3(9)4(10)5(11)6(12)18-21(16,17)19-20(13,14)15/h2-5,7-11H,1H2,(H,16,17)(H2,13,14,15)/t2-,3-,4+,5+/m1/s1. The average Bonchev–Trinajstić information content (AvgIpc) is 2.31. The predicted molar refractivity (Wildman–Crippen MR) is 60.2 cm³/mol. The Morgan fingerprint density at radius 2 is 1.48 bits per heavy atom. The van der Waals surface area contributed by atoms with Gasteiger partial charge in [0.1, 0.15) is 18.3 Å². The van der Waals surface area contributed by atoms with E-state index in [9.17, 15) is 29.2 Å². The second-order valence-electron chi connectivity index (χ2n) is 3.63. The monoisotopic (exact) mass is 356 g/mol. The summed E-state index contributed by atoms with van der Waals surface area (Å²) in [5, 5.41) is 45.1. The van der Waals surface area contributed by atoms with E-state index in [1.54, 1.807) is 0 Å². The fourth-order valence-electron chi connectivity index (χ4n) is 0.981. The van der Waals surface area contributed by atoms with Crippen LogP contribution in [0, 0.1) is 0 Å². The number of aliphatic hydroxyl groups excluding tert-OH is 5. The summed E-state index contributed by atoms with van der Waals surface area (Å²) in [6.45, 7) is -1.04. The number of hydrogen-bond donors (Lipinski definition) is 8. The molecule has 1 unspecified atom stereocenters. The lowest BCUT2D eigenvalue weighted by molar-refractivity contribution is -0.162. The van der Waals surface area contributed by atoms with E-state index in [1.165, 1.54) is 0 Å². The summed E-state index contributed by atoms with van der Waals surface area (Å²) in [4.78, 5) is 36.5. The molecule has 0 aliphatic carbocycles. The minimum absolute atomic E-state index is 1.04. The summed E-state index contributed by atoms with van der Waals surface area (Å²) >= 11 is 0. The second kappa shape index (κ2) is 7.72. The Bertz CT molecular complexity index is 444. The van der Waals surface area contributed by atoms with Gasteiger partial charge in [-0.2, -0.15) is 4.31 Å². The molecule has 21 heavy (non-hydrogen) atoms. The third-order valence-electron chi connectivity index (χ3n) is 1.91. The summed E-state index contributed by atoms with van der Waals surface area (Å²) in [7, 11) is -11.1. The molecule has 0 spiro atoms. The molecule has 0 bridgehead atoms. The van der Waals surface area contributed by atoms with Crippen LogP contribution in [0.25, 0.3) is 0 Å². The molecule has 0 aliphatic heterocycles. The van der Waals surface area contributed by atoms with E-state index in [-0.39, 0.29) is 0 Å². The molecule has 8 N–H and O–H groups in total. The molecule has 0 heterocycles. The zero-order valence-electron chi connectivity index (χ0n) is 10.0. The summed E-state index contributed by atoms with van der Waals surface area (Å²) in [5.74, 6) is -2.08. The predicted octanol–water partition coefficient (Wildman–Crippen LogP) is -3.82. The lowest BCUT2D eigenvalue weighted by atomic mass is 10.0. The van der Waals surface area contributed by atoms with Crippen LogP contribution in [0.2, 0.25) is 0 Å². The third kappa shape index (κ3) is 7.40. The Morgan fingerprint density at radius 3 is 1.86 bits per heavy atom. The van der Waals surface area contributed by atoms with Crippen LogP contribution in [0.1, 0.15) is 0 Å². The van der Waals surface area contributed by atoms with Crippen molar-refractivity contribution < 1.29 is 63.0 Å². The number of phosphoric acid groups is 2. The molecular weight excluding hydrogens is 342 g/mol. The molecule has 0 aromatic rings. The molecule has 0 aromatic heterocycles. The van der Waals surface area contributed by atoms with Crippen molar-refractivity contribution in [1.29, 1.82) is 0 Å². The molecule has 0 aromatic carbocycles. The van der Waals surface area contributed by atoms with Crippen LogP contribution in [0.4, 0.5) is 0 Å². The van der Waals surface area contributed by atoms with Gasteiger partial charge in [0.05, 0.1) is 6.61 Å². The van der Waals surface area contributed by atoms with E-state index >= 15 is 0 Å². The van der Waals surface area contributed by atoms with Crippen LogP contribution in [-0.4, -0.2) is 77.2 Å². The van der Waals surface area contributed by atoms with Gasteiger partial charge in [-0.05, 0) is 0 Å². The minimum atomic E-state index is -5.60. The third-order valence-corrected chi connectivity index (χ3v) is 4.00. The van der Waals surface area contributed by atoms with Gasteiger partial charge in [0, 0.05) is 0 Å². The molecule has 0 rings (SSSR count). The summed E-state index contributed by atoms with van der Waals surface area (Å²) < 4.78 is 28.1. The number of carbonyl (C=O) groups is 1. The minimum Gasteiger partial charge on any atom is -0.394 e. The Balaban J connectivity index is 4.79. The van der Waals surface area contributed by atoms with Gasteiger partial charge in [-0.15, -0.1) is 0 Å². The lowest BCUT2D eigenvalue weighted by Gasteiger charge is -2.24. The van der Waals surface area contributed by atoms with Crippen LogP contribution in [0.15, 0.2) is 0 Å². The van der Waals surface area contributed by atoms with Crippen molar-refractivity contribution in [1.82, 2.24) is 0 Å². The highest BCUT2D eigenvalue weighted by Gasteiger charge is 2.41. The number of rotatable bonds is 8. The molecule has 15 heteroatoms. The summed E-state index contributed by atoms with van der Waals surface area (Å²) in [6, 6.07) is 0. The molecule has 0 amide bonds. The lowest BCUT2D eigenvalue weighted by Crippen LogP contribution is -2.49. The first-order valence-corrected chi connectivity index (χ1v) is 7.99. The van der Waals surface area contributed by atoms with Gasteiger partial charge in [-0.3, -0.25) is 4.89 Å². The van der Waals surface area contributed by atoms with Crippen LogP contribution in [0.3, 0.4) is 0 Å². The van der Waals surface area contributed by atoms with Crippen molar-refractivity contribution in [3.05, 3.63) is 0 Å². The normalized spacial score (nSPS) is 21.0. The van der Waals surface area contributed by atoms with Crippen LogP contribution in [-0.2, 0) is 22.8 Å². The van der Waals surface area contributed by atoms with E-state index in [1.807, 2.05) is 0 Å². The fourth-order valence-corrected chi connectivity index (χ4v) is 2.52. The number of carbonyl (C=O) groups excluding carboxylic acids is 1. The highest BCUT2D eigenvalue weighted by molar-refractivity contribution is 7.61. The number of aliphatic hydroxyl groups is 5. The maximum atomic E-state index is 11.1. The average molecular weight is 356 g/mol. The quantitative estimate of drug-likeness (QED) is 0.195. The molecule has 126 valence electrons. The Labute approximate surface area is 116 Å². The van der Waals surface area contributed by atoms with Crippen molar-refractivity contribution >= 4 is 21.6 Å². The zero-order valence-corrected chi connectivity index (χ0v) is 11.8. The van der Waals surface area contributed by atoms with Gasteiger partial charge in [0.25, 0.3) is 0 Å². The Kier molecular flexibility index (Phi) is 7.56. The van der Waals surface area contributed by atoms with Crippen molar-refractivity contribution in [3.8, 4) is 0 Å². The van der Waals surface area contributed by atoms with Gasteiger partial charge in [0.15, 0.2) is 6.10 Å². The van der Waals surface area contributed by atoms with Crippen molar-refractivity contribution in [2.45, 2.75) is 24.4 Å². The molecule has 5 atom stereocenters. The number of hydrogen-bond acceptors (Lipinski definition) is 10. The first-order chi connectivity index (χ1) is 9.30. The van der Waals surface area contributed by atoms with Crippen LogP contribution in [0.5, 0.6) is 0 Å². The van der Waals surface area contributed by atoms with Gasteiger partial charge in [0.2, 0.25) is 0 Å². The molecule has 13 nitrogen and oxygen atoms in total. The Hall–Kier alpha value is -0.430. The molecule has 0 radical (unpaired) electrons.